The second-order valence-electron chi connectivity index (χ2n) is 7.38. The largest absolute Gasteiger partial charge is 0.481 e. The zero-order chi connectivity index (χ0) is 23.7. The van der Waals surface area contributed by atoms with Crippen LogP contribution in [0.2, 0.25) is 5.15 Å². The van der Waals surface area contributed by atoms with E-state index in [1.165, 1.54) is 19.2 Å². The number of carbonyl (C=O) groups excluding carboxylic acids is 1. The first-order valence-corrected chi connectivity index (χ1v) is 11.3. The van der Waals surface area contributed by atoms with Crippen LogP contribution in [0.25, 0.3) is 0 Å². The number of alkyl halides is 4. The van der Waals surface area contributed by atoms with Gasteiger partial charge in [0.05, 0.1) is 17.6 Å². The summed E-state index contributed by atoms with van der Waals surface area (Å²) in [6.07, 6.45) is -5.74. The first-order valence-electron chi connectivity index (χ1n) is 9.49. The Morgan fingerprint density at radius 1 is 1.22 bits per heavy atom. The van der Waals surface area contributed by atoms with Crippen LogP contribution < -0.4 is 10.1 Å². The van der Waals surface area contributed by atoms with Gasteiger partial charge >= 0.3 is 6.18 Å². The molecule has 0 saturated heterocycles. The molecule has 2 aromatic rings. The fourth-order valence-corrected chi connectivity index (χ4v) is 5.43. The molecule has 1 N–H and O–H groups in total. The van der Waals surface area contributed by atoms with E-state index < -0.39 is 56.3 Å². The Bertz CT molecular complexity index is 1120. The molecule has 1 aliphatic rings. The summed E-state index contributed by atoms with van der Waals surface area (Å²) in [5.74, 6) is -0.397. The highest BCUT2D eigenvalue weighted by Gasteiger charge is 2.48. The average Bonchev–Trinajstić information content (AvgIpc) is 2.74. The lowest BCUT2D eigenvalue weighted by atomic mass is 9.93. The predicted molar refractivity (Wildman–Crippen MR) is 108 cm³/mol. The van der Waals surface area contributed by atoms with Crippen LogP contribution >= 0.6 is 11.6 Å². The lowest BCUT2D eigenvalue weighted by molar-refractivity contribution is -0.137. The van der Waals surface area contributed by atoms with E-state index >= 15 is 4.39 Å². The van der Waals surface area contributed by atoms with Crippen molar-refractivity contribution < 1.29 is 35.5 Å². The number of halogens is 5. The molecular formula is C20H19ClF4N2O4S. The quantitative estimate of drug-likeness (QED) is 0.486. The maximum absolute atomic E-state index is 15.4. The maximum Gasteiger partial charge on any atom is 0.416 e. The van der Waals surface area contributed by atoms with Gasteiger partial charge in [-0.15, -0.1) is 0 Å². The van der Waals surface area contributed by atoms with E-state index in [1.807, 2.05) is 0 Å². The summed E-state index contributed by atoms with van der Waals surface area (Å²) in [6, 6.07) is 5.18. The molecule has 1 heterocycles. The highest BCUT2D eigenvalue weighted by atomic mass is 35.5. The number of sulfone groups is 1. The summed E-state index contributed by atoms with van der Waals surface area (Å²) in [5, 5.41) is -0.0187. The van der Waals surface area contributed by atoms with E-state index in [0.29, 0.717) is 6.07 Å². The van der Waals surface area contributed by atoms with Crippen molar-refractivity contribution in [2.45, 2.75) is 47.8 Å². The summed E-state index contributed by atoms with van der Waals surface area (Å²) in [5.41, 5.74) is -1.01. The van der Waals surface area contributed by atoms with Crippen LogP contribution in [0.5, 0.6) is 5.88 Å². The van der Waals surface area contributed by atoms with Crippen LogP contribution in [0.3, 0.4) is 0 Å². The molecule has 0 radical (unpaired) electrons. The zero-order valence-electron chi connectivity index (χ0n) is 16.7. The van der Waals surface area contributed by atoms with Gasteiger partial charge in [-0.1, -0.05) is 17.7 Å². The van der Waals surface area contributed by atoms with Crippen LogP contribution in [0.1, 0.15) is 41.6 Å². The SMILES string of the molecule is COc1cc(C(=O)NC2CCC(F)(S(=O)(=O)c3cccc(C(F)(F)F)c3)CC2)cc(Cl)n1. The fourth-order valence-electron chi connectivity index (χ4n) is 3.49. The molecule has 0 atom stereocenters. The summed E-state index contributed by atoms with van der Waals surface area (Å²) in [7, 11) is -3.33. The molecule has 1 saturated carbocycles. The lowest BCUT2D eigenvalue weighted by Crippen LogP contribution is -2.45. The van der Waals surface area contributed by atoms with E-state index in [9.17, 15) is 26.4 Å². The topological polar surface area (TPSA) is 85.4 Å². The molecule has 1 amide bonds. The van der Waals surface area contributed by atoms with Crippen molar-refractivity contribution in [2.75, 3.05) is 7.11 Å². The van der Waals surface area contributed by atoms with Crippen molar-refractivity contribution >= 4 is 27.3 Å². The number of carbonyl (C=O) groups is 1. The Morgan fingerprint density at radius 2 is 1.88 bits per heavy atom. The molecule has 3 rings (SSSR count). The molecule has 174 valence electrons. The van der Waals surface area contributed by atoms with Crippen LogP contribution in [0.15, 0.2) is 41.3 Å². The smallest absolute Gasteiger partial charge is 0.416 e. The van der Waals surface area contributed by atoms with E-state index in [1.54, 1.807) is 0 Å². The van der Waals surface area contributed by atoms with Gasteiger partial charge in [-0.05, 0) is 49.9 Å². The van der Waals surface area contributed by atoms with Gasteiger partial charge in [0.15, 0.2) is 0 Å². The third kappa shape index (κ3) is 4.98. The summed E-state index contributed by atoms with van der Waals surface area (Å²) >= 11 is 5.84. The zero-order valence-corrected chi connectivity index (χ0v) is 18.3. The van der Waals surface area contributed by atoms with Gasteiger partial charge in [0, 0.05) is 17.7 Å². The van der Waals surface area contributed by atoms with Crippen LogP contribution in [-0.2, 0) is 16.0 Å². The van der Waals surface area contributed by atoms with Gasteiger partial charge in [-0.3, -0.25) is 4.79 Å². The molecular weight excluding hydrogens is 476 g/mol. The van der Waals surface area contributed by atoms with E-state index in [-0.39, 0.29) is 29.4 Å². The molecule has 32 heavy (non-hydrogen) atoms. The number of aromatic nitrogens is 1. The fraction of sp³-hybridized carbons (Fsp3) is 0.400. The van der Waals surface area contributed by atoms with Crippen LogP contribution in [0, 0.1) is 0 Å². The predicted octanol–water partition coefficient (Wildman–Crippen LogP) is 4.57. The normalized spacial score (nSPS) is 21.8. The third-order valence-electron chi connectivity index (χ3n) is 5.26. The molecule has 1 aromatic heterocycles. The Balaban J connectivity index is 1.71. The number of pyridine rings is 1. The monoisotopic (exact) mass is 494 g/mol. The van der Waals surface area contributed by atoms with E-state index in [2.05, 4.69) is 10.3 Å². The summed E-state index contributed by atoms with van der Waals surface area (Å²) in [6.45, 7) is 0. The number of hydrogen-bond acceptors (Lipinski definition) is 5. The second kappa shape index (κ2) is 8.86. The first kappa shape index (κ1) is 24.2. The minimum atomic E-state index is -4.75. The number of nitrogens with zero attached hydrogens (tertiary/aromatic N) is 1. The van der Waals surface area contributed by atoms with Gasteiger partial charge in [-0.25, -0.2) is 17.8 Å². The molecule has 12 heteroatoms. The Kier molecular flexibility index (Phi) is 6.71. The molecule has 0 unspecified atom stereocenters. The van der Waals surface area contributed by atoms with Crippen LogP contribution in [0.4, 0.5) is 17.6 Å². The minimum absolute atomic E-state index is 0.0175. The number of hydrogen-bond donors (Lipinski definition) is 1. The van der Waals surface area contributed by atoms with Crippen molar-refractivity contribution in [3.63, 3.8) is 0 Å². The number of methoxy groups -OCH3 is 1. The molecule has 0 bridgehead atoms. The lowest BCUT2D eigenvalue weighted by Gasteiger charge is -2.34. The van der Waals surface area contributed by atoms with E-state index in [0.717, 1.165) is 18.2 Å². The average molecular weight is 495 g/mol. The van der Waals surface area contributed by atoms with Crippen molar-refractivity contribution in [1.82, 2.24) is 10.3 Å². The molecule has 1 aliphatic carbocycles. The highest BCUT2D eigenvalue weighted by molar-refractivity contribution is 7.92. The van der Waals surface area contributed by atoms with Crippen molar-refractivity contribution in [3.8, 4) is 5.88 Å². The number of amides is 1. The van der Waals surface area contributed by atoms with Gasteiger partial charge in [0.1, 0.15) is 5.15 Å². The standard InChI is InChI=1S/C20H19ClF4N2O4S/c1-31-17-10-12(9-16(21)27-17)18(28)26-14-5-7-19(22,8-6-14)32(29,30)15-4-2-3-13(11-15)20(23,24)25/h2-4,9-11,14H,5-8H2,1H3,(H,26,28). The number of rotatable bonds is 5. The highest BCUT2D eigenvalue weighted by Crippen LogP contribution is 2.41. The number of ether oxygens (including phenoxy) is 1. The number of nitrogens with one attached hydrogen (secondary N) is 1. The van der Waals surface area contributed by atoms with Crippen LogP contribution in [-0.4, -0.2) is 37.5 Å². The van der Waals surface area contributed by atoms with Crippen molar-refractivity contribution in [2.24, 2.45) is 0 Å². The Hall–Kier alpha value is -2.40. The van der Waals surface area contributed by atoms with Gasteiger partial charge in [-0.2, -0.15) is 13.2 Å². The molecule has 1 aromatic carbocycles. The second-order valence-corrected chi connectivity index (χ2v) is 9.98. The van der Waals surface area contributed by atoms with Crippen molar-refractivity contribution in [1.29, 1.82) is 0 Å². The summed E-state index contributed by atoms with van der Waals surface area (Å²) in [4.78, 5) is 15.6. The Morgan fingerprint density at radius 3 is 2.47 bits per heavy atom. The van der Waals surface area contributed by atoms with Gasteiger partial charge in [0.25, 0.3) is 5.91 Å². The maximum atomic E-state index is 15.4. The molecule has 6 nitrogen and oxygen atoms in total. The van der Waals surface area contributed by atoms with Gasteiger partial charge < -0.3 is 10.1 Å². The van der Waals surface area contributed by atoms with Gasteiger partial charge in [0.2, 0.25) is 20.7 Å². The summed E-state index contributed by atoms with van der Waals surface area (Å²) < 4.78 is 84.7. The number of benzene rings is 1. The van der Waals surface area contributed by atoms with Crippen molar-refractivity contribution in [3.05, 3.63) is 52.7 Å². The van der Waals surface area contributed by atoms with E-state index in [4.69, 9.17) is 16.3 Å². The first-order chi connectivity index (χ1) is 14.9. The molecule has 0 spiro atoms. The molecule has 1 fully saturated rings. The minimum Gasteiger partial charge on any atom is -0.481 e. The Labute approximate surface area is 186 Å². The molecule has 0 aliphatic heterocycles. The third-order valence-corrected chi connectivity index (χ3v) is 7.70.